The third-order valence-electron chi connectivity index (χ3n) is 3.96. The van der Waals surface area contributed by atoms with Crippen LogP contribution in [0.5, 0.6) is 0 Å². The molecule has 0 fully saturated rings. The number of nitrogens with zero attached hydrogens (tertiary/aromatic N) is 1. The molecule has 0 radical (unpaired) electrons. The summed E-state index contributed by atoms with van der Waals surface area (Å²) in [7, 11) is 0. The van der Waals surface area contributed by atoms with E-state index >= 15 is 0 Å². The maximum absolute atomic E-state index is 12.3. The summed E-state index contributed by atoms with van der Waals surface area (Å²) in [6.45, 7) is 2.04. The van der Waals surface area contributed by atoms with Crippen molar-refractivity contribution < 1.29 is 9.59 Å². The maximum Gasteiger partial charge on any atom is 0.274 e. The van der Waals surface area contributed by atoms with Crippen molar-refractivity contribution in [1.29, 1.82) is 0 Å². The number of halogens is 1. The quantitative estimate of drug-likeness (QED) is 0.603. The van der Waals surface area contributed by atoms with E-state index in [1.807, 2.05) is 24.3 Å². The number of amides is 1. The number of Topliss-reactive ketones (excluding diaryl/α,β-unsaturated/α-hetero) is 1. The molecule has 2 aromatic carbocycles. The normalized spacial score (nSPS) is 10.3. The molecule has 5 nitrogen and oxygen atoms in total. The van der Waals surface area contributed by atoms with E-state index in [1.54, 1.807) is 42.6 Å². The van der Waals surface area contributed by atoms with Gasteiger partial charge in [-0.15, -0.1) is 0 Å². The van der Waals surface area contributed by atoms with Crippen molar-refractivity contribution in [2.75, 3.05) is 10.6 Å². The van der Waals surface area contributed by atoms with Crippen molar-refractivity contribution in [3.05, 3.63) is 88.7 Å². The Hall–Kier alpha value is -3.18. The summed E-state index contributed by atoms with van der Waals surface area (Å²) in [5, 5.41) is 6.66. The predicted molar refractivity (Wildman–Crippen MR) is 107 cm³/mol. The van der Waals surface area contributed by atoms with E-state index in [0.717, 1.165) is 11.3 Å². The zero-order valence-corrected chi connectivity index (χ0v) is 15.5. The molecule has 3 aromatic rings. The first-order valence-electron chi connectivity index (χ1n) is 8.38. The highest BCUT2D eigenvalue weighted by atomic mass is 35.5. The number of hydrogen-bond acceptors (Lipinski definition) is 4. The Morgan fingerprint density at radius 3 is 2.52 bits per heavy atom. The summed E-state index contributed by atoms with van der Waals surface area (Å²) < 4.78 is 0. The number of hydrogen-bond donors (Lipinski definition) is 2. The fourth-order valence-corrected chi connectivity index (χ4v) is 2.69. The lowest BCUT2D eigenvalue weighted by Gasteiger charge is -2.09. The van der Waals surface area contributed by atoms with Gasteiger partial charge in [0.2, 0.25) is 0 Å². The Kier molecular flexibility index (Phi) is 5.84. The van der Waals surface area contributed by atoms with Crippen LogP contribution in [-0.4, -0.2) is 16.7 Å². The maximum atomic E-state index is 12.3. The van der Waals surface area contributed by atoms with E-state index < -0.39 is 0 Å². The van der Waals surface area contributed by atoms with Crippen molar-refractivity contribution in [3.63, 3.8) is 0 Å². The molecule has 1 heterocycles. The number of carbonyl (C=O) groups is 2. The molecule has 3 rings (SSSR count). The molecule has 27 heavy (non-hydrogen) atoms. The van der Waals surface area contributed by atoms with Crippen LogP contribution in [0.3, 0.4) is 0 Å². The summed E-state index contributed by atoms with van der Waals surface area (Å²) in [4.78, 5) is 28.0. The van der Waals surface area contributed by atoms with Gasteiger partial charge in [-0.3, -0.25) is 9.59 Å². The molecular weight excluding hydrogens is 362 g/mol. The summed E-state index contributed by atoms with van der Waals surface area (Å²) in [5.74, 6) is -0.397. The number of nitrogens with one attached hydrogen (secondary N) is 2. The first-order chi connectivity index (χ1) is 13.0. The van der Waals surface area contributed by atoms with Gasteiger partial charge in [0.15, 0.2) is 5.78 Å². The van der Waals surface area contributed by atoms with Gasteiger partial charge in [0.05, 0.1) is 11.9 Å². The number of carbonyl (C=O) groups excluding carboxylic acids is 2. The van der Waals surface area contributed by atoms with Gasteiger partial charge < -0.3 is 10.6 Å². The topological polar surface area (TPSA) is 71.1 Å². The van der Waals surface area contributed by atoms with Crippen LogP contribution >= 0.6 is 11.6 Å². The van der Waals surface area contributed by atoms with Crippen LogP contribution < -0.4 is 10.6 Å². The van der Waals surface area contributed by atoms with Gasteiger partial charge >= 0.3 is 0 Å². The Labute approximate surface area is 162 Å². The second kappa shape index (κ2) is 8.47. The van der Waals surface area contributed by atoms with Crippen molar-refractivity contribution >= 4 is 34.7 Å². The molecular formula is C21H18ClN3O2. The molecule has 0 atom stereocenters. The Bertz CT molecular complexity index is 971. The van der Waals surface area contributed by atoms with Crippen LogP contribution in [0.1, 0.15) is 33.3 Å². The number of aromatic nitrogens is 1. The lowest BCUT2D eigenvalue weighted by molar-refractivity contribution is 0.100. The summed E-state index contributed by atoms with van der Waals surface area (Å²) >= 11 is 6.14. The molecule has 0 aliphatic heterocycles. The molecule has 0 aliphatic carbocycles. The van der Waals surface area contributed by atoms with Crippen LogP contribution in [0.4, 0.5) is 11.4 Å². The molecule has 136 valence electrons. The molecule has 1 amide bonds. The minimum absolute atomic E-state index is 0.0572. The Balaban J connectivity index is 1.63. The van der Waals surface area contributed by atoms with E-state index in [4.69, 9.17) is 11.6 Å². The van der Waals surface area contributed by atoms with E-state index in [-0.39, 0.29) is 17.4 Å². The summed E-state index contributed by atoms with van der Waals surface area (Å²) in [6.07, 6.45) is 1.59. The van der Waals surface area contributed by atoms with Crippen molar-refractivity contribution in [2.45, 2.75) is 13.5 Å². The molecule has 0 spiro atoms. The largest absolute Gasteiger partial charge is 0.380 e. The van der Waals surface area contributed by atoms with E-state index in [2.05, 4.69) is 15.6 Å². The molecule has 2 N–H and O–H groups in total. The van der Waals surface area contributed by atoms with Gasteiger partial charge in [-0.25, -0.2) is 4.98 Å². The smallest absolute Gasteiger partial charge is 0.274 e. The van der Waals surface area contributed by atoms with Crippen molar-refractivity contribution in [3.8, 4) is 0 Å². The van der Waals surface area contributed by atoms with Crippen LogP contribution in [-0.2, 0) is 6.54 Å². The van der Waals surface area contributed by atoms with Gasteiger partial charge in [0, 0.05) is 22.8 Å². The van der Waals surface area contributed by atoms with E-state index in [9.17, 15) is 9.59 Å². The molecule has 6 heteroatoms. The van der Waals surface area contributed by atoms with Gasteiger partial charge in [-0.2, -0.15) is 0 Å². The number of ketones is 1. The van der Waals surface area contributed by atoms with E-state index in [1.165, 1.54) is 6.92 Å². The van der Waals surface area contributed by atoms with Crippen LogP contribution in [0.2, 0.25) is 5.02 Å². The lowest BCUT2D eigenvalue weighted by Crippen LogP contribution is -2.14. The van der Waals surface area contributed by atoms with Crippen LogP contribution in [0, 0.1) is 0 Å². The average molecular weight is 380 g/mol. The highest BCUT2D eigenvalue weighted by Gasteiger charge is 2.09. The minimum atomic E-state index is -0.339. The van der Waals surface area contributed by atoms with Gasteiger partial charge in [-0.05, 0) is 42.8 Å². The molecule has 0 saturated heterocycles. The van der Waals surface area contributed by atoms with Gasteiger partial charge in [0.25, 0.3) is 5.91 Å². The molecule has 0 aliphatic rings. The summed E-state index contributed by atoms with van der Waals surface area (Å²) in [6, 6.07) is 17.8. The Morgan fingerprint density at radius 1 is 1.00 bits per heavy atom. The predicted octanol–water partition coefficient (Wildman–Crippen LogP) is 4.80. The lowest BCUT2D eigenvalue weighted by atomic mass is 10.1. The highest BCUT2D eigenvalue weighted by Crippen LogP contribution is 2.17. The molecule has 0 bridgehead atoms. The molecule has 0 unspecified atom stereocenters. The number of anilines is 2. The average Bonchev–Trinajstić information content (AvgIpc) is 2.68. The van der Waals surface area contributed by atoms with Crippen LogP contribution in [0.15, 0.2) is 66.9 Å². The second-order valence-electron chi connectivity index (χ2n) is 5.97. The third-order valence-corrected chi connectivity index (χ3v) is 4.33. The number of pyridine rings is 1. The van der Waals surface area contributed by atoms with Crippen LogP contribution in [0.25, 0.3) is 0 Å². The minimum Gasteiger partial charge on any atom is -0.380 e. The SMILES string of the molecule is CC(=O)c1cccc(NC(=O)c2ccc(NCc3ccccc3Cl)cn2)c1. The van der Waals surface area contributed by atoms with Gasteiger partial charge in [0.1, 0.15) is 5.69 Å². The fraction of sp³-hybridized carbons (Fsp3) is 0.0952. The number of benzene rings is 2. The Morgan fingerprint density at radius 2 is 1.81 bits per heavy atom. The standard InChI is InChI=1S/C21H18ClN3O2/c1-14(26)15-6-4-7-17(11-15)25-21(27)20-10-9-18(13-24-20)23-12-16-5-2-3-8-19(16)22/h2-11,13,23H,12H2,1H3,(H,25,27). The zero-order valence-electron chi connectivity index (χ0n) is 14.7. The first kappa shape index (κ1) is 18.6. The fourth-order valence-electron chi connectivity index (χ4n) is 2.48. The number of rotatable bonds is 6. The van der Waals surface area contributed by atoms with E-state index in [0.29, 0.717) is 22.8 Å². The second-order valence-corrected chi connectivity index (χ2v) is 6.38. The monoisotopic (exact) mass is 379 g/mol. The summed E-state index contributed by atoms with van der Waals surface area (Å²) in [5.41, 5.74) is 3.14. The zero-order chi connectivity index (χ0) is 19.2. The third kappa shape index (κ3) is 4.92. The van der Waals surface area contributed by atoms with Gasteiger partial charge in [-0.1, -0.05) is 41.9 Å². The first-order valence-corrected chi connectivity index (χ1v) is 8.76. The molecule has 0 saturated carbocycles. The van der Waals surface area contributed by atoms with Crippen molar-refractivity contribution in [2.24, 2.45) is 0 Å². The van der Waals surface area contributed by atoms with Crippen molar-refractivity contribution in [1.82, 2.24) is 4.98 Å². The molecule has 1 aromatic heterocycles. The highest BCUT2D eigenvalue weighted by molar-refractivity contribution is 6.31.